The average molecular weight is 330 g/mol. The van der Waals surface area contributed by atoms with Gasteiger partial charge in [0.2, 0.25) is 0 Å². The largest absolute Gasteiger partial charge is 0.338 e. The van der Waals surface area contributed by atoms with Crippen LogP contribution in [0.25, 0.3) is 22.1 Å². The summed E-state index contributed by atoms with van der Waals surface area (Å²) in [6, 6.07) is 7.93. The fourth-order valence-corrected chi connectivity index (χ4v) is 2.73. The molecule has 0 saturated carbocycles. The van der Waals surface area contributed by atoms with Crippen LogP contribution in [0, 0.1) is 0 Å². The van der Waals surface area contributed by atoms with Crippen LogP contribution >= 0.6 is 23.2 Å². The lowest BCUT2D eigenvalue weighted by Crippen LogP contribution is -1.91. The first-order valence-corrected chi connectivity index (χ1v) is 7.34. The Morgan fingerprint density at radius 3 is 2.82 bits per heavy atom. The molecule has 1 aromatic carbocycles. The Morgan fingerprint density at radius 2 is 1.95 bits per heavy atom. The summed E-state index contributed by atoms with van der Waals surface area (Å²) in [6.45, 7) is 0. The van der Waals surface area contributed by atoms with Crippen molar-refractivity contribution in [1.82, 2.24) is 24.9 Å². The fourth-order valence-electron chi connectivity index (χ4n) is 2.39. The van der Waals surface area contributed by atoms with Crippen molar-refractivity contribution in [2.45, 2.75) is 6.42 Å². The number of hydrogen-bond acceptors (Lipinski definition) is 4. The number of nitrogens with zero attached hydrogens (tertiary/aromatic N) is 4. The van der Waals surface area contributed by atoms with Gasteiger partial charge in [-0.1, -0.05) is 29.3 Å². The van der Waals surface area contributed by atoms with Crippen LogP contribution < -0.4 is 0 Å². The van der Waals surface area contributed by atoms with Crippen molar-refractivity contribution < 1.29 is 0 Å². The second kappa shape index (κ2) is 5.19. The van der Waals surface area contributed by atoms with Gasteiger partial charge in [-0.3, -0.25) is 4.98 Å². The lowest BCUT2D eigenvalue weighted by molar-refractivity contribution is 1.04. The third-order valence-corrected chi connectivity index (χ3v) is 3.87. The van der Waals surface area contributed by atoms with Gasteiger partial charge in [0.15, 0.2) is 10.8 Å². The molecule has 3 heterocycles. The van der Waals surface area contributed by atoms with E-state index in [1.807, 2.05) is 18.2 Å². The van der Waals surface area contributed by atoms with Crippen molar-refractivity contribution in [2.75, 3.05) is 0 Å². The Labute approximate surface area is 135 Å². The first kappa shape index (κ1) is 13.4. The Balaban J connectivity index is 1.73. The molecule has 0 aliphatic rings. The van der Waals surface area contributed by atoms with E-state index in [1.165, 1.54) is 6.33 Å². The molecule has 0 saturated heterocycles. The van der Waals surface area contributed by atoms with Gasteiger partial charge >= 0.3 is 0 Å². The second-order valence-electron chi connectivity index (χ2n) is 4.90. The smallest absolute Gasteiger partial charge is 0.182 e. The fraction of sp³-hybridized carbons (Fsp3) is 0.0667. The average Bonchev–Trinajstić information content (AvgIpc) is 2.91. The Morgan fingerprint density at radius 1 is 1.05 bits per heavy atom. The molecule has 7 heteroatoms. The molecule has 4 aromatic rings. The number of nitrogens with one attached hydrogen (secondary N) is 1. The van der Waals surface area contributed by atoms with Crippen LogP contribution in [0.5, 0.6) is 0 Å². The molecule has 0 aliphatic carbocycles. The number of benzene rings is 1. The van der Waals surface area contributed by atoms with Crippen LogP contribution in [0.1, 0.15) is 11.4 Å². The summed E-state index contributed by atoms with van der Waals surface area (Å²) in [5, 5.41) is 1.99. The molecular weight excluding hydrogens is 321 g/mol. The minimum Gasteiger partial charge on any atom is -0.338 e. The van der Waals surface area contributed by atoms with Crippen LogP contribution in [0.15, 0.2) is 36.8 Å². The molecule has 0 bridgehead atoms. The van der Waals surface area contributed by atoms with Gasteiger partial charge in [-0.05, 0) is 23.8 Å². The van der Waals surface area contributed by atoms with Crippen LogP contribution in [0.4, 0.5) is 0 Å². The number of rotatable bonds is 2. The Hall–Kier alpha value is -2.24. The molecule has 0 radical (unpaired) electrons. The lowest BCUT2D eigenvalue weighted by atomic mass is 10.1. The van der Waals surface area contributed by atoms with Crippen LogP contribution in [-0.2, 0) is 6.42 Å². The maximum Gasteiger partial charge on any atom is 0.182 e. The number of hydrogen-bond donors (Lipinski definition) is 1. The minimum absolute atomic E-state index is 0.373. The number of aromatic amines is 1. The van der Waals surface area contributed by atoms with Crippen molar-refractivity contribution in [3.05, 3.63) is 58.4 Å². The van der Waals surface area contributed by atoms with Gasteiger partial charge in [0.1, 0.15) is 17.7 Å². The maximum absolute atomic E-state index is 6.02. The first-order chi connectivity index (χ1) is 10.7. The minimum atomic E-state index is 0.373. The molecule has 0 amide bonds. The van der Waals surface area contributed by atoms with Gasteiger partial charge in [-0.15, -0.1) is 0 Å². The van der Waals surface area contributed by atoms with E-state index in [4.69, 9.17) is 23.2 Å². The highest BCUT2D eigenvalue weighted by Gasteiger charge is 2.09. The predicted octanol–water partition coefficient (Wildman–Crippen LogP) is 3.80. The highest BCUT2D eigenvalue weighted by Crippen LogP contribution is 2.21. The summed E-state index contributed by atoms with van der Waals surface area (Å²) in [5.41, 5.74) is 3.23. The van der Waals surface area contributed by atoms with Crippen LogP contribution in [-0.4, -0.2) is 24.9 Å². The van der Waals surface area contributed by atoms with Crippen LogP contribution in [0.3, 0.4) is 0 Å². The van der Waals surface area contributed by atoms with Gasteiger partial charge in [0, 0.05) is 18.0 Å². The SMILES string of the molecule is Clc1cnc2ccc(Cc3nc4ncnc(Cl)c4[nH]3)cc2c1. The number of fused-ring (bicyclic) bond motifs is 2. The molecule has 22 heavy (non-hydrogen) atoms. The molecule has 4 rings (SSSR count). The van der Waals surface area contributed by atoms with Crippen molar-refractivity contribution in [2.24, 2.45) is 0 Å². The molecule has 0 fully saturated rings. The van der Waals surface area contributed by atoms with E-state index in [2.05, 4.69) is 31.0 Å². The van der Waals surface area contributed by atoms with E-state index in [-0.39, 0.29) is 0 Å². The van der Waals surface area contributed by atoms with E-state index in [0.29, 0.717) is 27.8 Å². The Bertz CT molecular complexity index is 996. The first-order valence-electron chi connectivity index (χ1n) is 6.58. The standard InChI is InChI=1S/C15H9Cl2N5/c16-10-5-9-3-8(1-2-11(9)18-6-10)4-12-21-13-14(17)19-7-20-15(13)22-12/h1-3,5-7H,4H2,(H,19,20,21,22). The molecular formula is C15H9Cl2N5. The molecule has 5 nitrogen and oxygen atoms in total. The maximum atomic E-state index is 6.02. The zero-order valence-electron chi connectivity index (χ0n) is 11.2. The summed E-state index contributed by atoms with van der Waals surface area (Å²) in [6.07, 6.45) is 3.68. The summed E-state index contributed by atoms with van der Waals surface area (Å²) in [7, 11) is 0. The zero-order chi connectivity index (χ0) is 15.1. The quantitative estimate of drug-likeness (QED) is 0.568. The van der Waals surface area contributed by atoms with Gasteiger partial charge in [-0.25, -0.2) is 15.0 Å². The molecule has 3 aromatic heterocycles. The summed E-state index contributed by atoms with van der Waals surface area (Å²) < 4.78 is 0. The van der Waals surface area contributed by atoms with E-state index < -0.39 is 0 Å². The van der Waals surface area contributed by atoms with E-state index in [9.17, 15) is 0 Å². The molecule has 108 valence electrons. The molecule has 0 atom stereocenters. The second-order valence-corrected chi connectivity index (χ2v) is 5.70. The highest BCUT2D eigenvalue weighted by atomic mass is 35.5. The molecule has 0 unspecified atom stereocenters. The lowest BCUT2D eigenvalue weighted by Gasteiger charge is -2.02. The zero-order valence-corrected chi connectivity index (χ0v) is 12.7. The van der Waals surface area contributed by atoms with Gasteiger partial charge in [0.25, 0.3) is 0 Å². The number of pyridine rings is 1. The Kier molecular flexibility index (Phi) is 3.17. The molecule has 0 aliphatic heterocycles. The summed E-state index contributed by atoms with van der Waals surface area (Å²) in [4.78, 5) is 19.9. The van der Waals surface area contributed by atoms with Crippen molar-refractivity contribution in [1.29, 1.82) is 0 Å². The van der Waals surface area contributed by atoms with Crippen molar-refractivity contribution in [3.8, 4) is 0 Å². The van der Waals surface area contributed by atoms with Crippen LogP contribution in [0.2, 0.25) is 10.2 Å². The van der Waals surface area contributed by atoms with E-state index >= 15 is 0 Å². The summed E-state index contributed by atoms with van der Waals surface area (Å²) >= 11 is 12.0. The molecule has 0 spiro atoms. The molecule has 1 N–H and O–H groups in total. The third kappa shape index (κ3) is 2.38. The van der Waals surface area contributed by atoms with E-state index in [1.54, 1.807) is 6.20 Å². The highest BCUT2D eigenvalue weighted by molar-refractivity contribution is 6.33. The summed E-state index contributed by atoms with van der Waals surface area (Å²) in [5.74, 6) is 0.784. The van der Waals surface area contributed by atoms with Gasteiger partial charge < -0.3 is 4.98 Å². The van der Waals surface area contributed by atoms with Gasteiger partial charge in [-0.2, -0.15) is 0 Å². The van der Waals surface area contributed by atoms with Gasteiger partial charge in [0.05, 0.1) is 10.5 Å². The topological polar surface area (TPSA) is 67.3 Å². The van der Waals surface area contributed by atoms with E-state index in [0.717, 1.165) is 22.3 Å². The normalized spacial score (nSPS) is 11.4. The number of aromatic nitrogens is 5. The van der Waals surface area contributed by atoms with Crippen molar-refractivity contribution in [3.63, 3.8) is 0 Å². The number of imidazole rings is 1. The third-order valence-electron chi connectivity index (χ3n) is 3.38. The predicted molar refractivity (Wildman–Crippen MR) is 86.3 cm³/mol. The van der Waals surface area contributed by atoms with Crippen molar-refractivity contribution >= 4 is 45.3 Å². The number of H-pyrrole nitrogens is 1. The number of halogens is 2. The monoisotopic (exact) mass is 329 g/mol.